The maximum Gasteiger partial charge on any atom is 0.227 e. The van der Waals surface area contributed by atoms with E-state index < -0.39 is 6.04 Å². The van der Waals surface area contributed by atoms with Crippen LogP contribution in [-0.4, -0.2) is 47.8 Å². The van der Waals surface area contributed by atoms with Gasteiger partial charge in [0.25, 0.3) is 0 Å². The number of nitrogens with zero attached hydrogens (tertiary/aromatic N) is 2. The van der Waals surface area contributed by atoms with Crippen molar-refractivity contribution >= 4 is 11.5 Å². The molecule has 2 aliphatic heterocycles. The number of hydrogen-bond donors (Lipinski definition) is 1. The number of nitriles is 1. The van der Waals surface area contributed by atoms with Gasteiger partial charge in [-0.1, -0.05) is 30.3 Å². The van der Waals surface area contributed by atoms with Gasteiger partial charge in [-0.2, -0.15) is 5.26 Å². The van der Waals surface area contributed by atoms with Crippen LogP contribution in [0.5, 0.6) is 0 Å². The first kappa shape index (κ1) is 18.2. The monoisotopic (exact) mass is 366 g/mol. The van der Waals surface area contributed by atoms with Crippen LogP contribution in [0.4, 0.5) is 0 Å². The molecule has 3 atom stereocenters. The standard InChI is InChI=1S/C22H26N2O3/c23-13-19-21(17-7-5-16(6-8-17)15-3-1-2-4-15)20(14-25)24(19)22(26)18-9-11-27-12-10-18/h3,5-8,18-21,25H,1-2,4,9-12,14H2/t19-,20+,21-/m0/s1. The lowest BCUT2D eigenvalue weighted by Crippen LogP contribution is -2.66. The van der Waals surface area contributed by atoms with Crippen LogP contribution in [0.15, 0.2) is 30.3 Å². The summed E-state index contributed by atoms with van der Waals surface area (Å²) in [6.45, 7) is 1.06. The highest BCUT2D eigenvalue weighted by atomic mass is 16.5. The summed E-state index contributed by atoms with van der Waals surface area (Å²) in [6, 6.07) is 9.82. The van der Waals surface area contributed by atoms with Crippen LogP contribution in [0.1, 0.15) is 49.1 Å². The fourth-order valence-corrected chi connectivity index (χ4v) is 4.72. The molecule has 4 rings (SSSR count). The second-order valence-corrected chi connectivity index (χ2v) is 7.73. The van der Waals surface area contributed by atoms with Crippen molar-refractivity contribution in [3.05, 3.63) is 41.5 Å². The van der Waals surface area contributed by atoms with Crippen molar-refractivity contribution in [3.8, 4) is 6.07 Å². The van der Waals surface area contributed by atoms with Crippen LogP contribution >= 0.6 is 0 Å². The van der Waals surface area contributed by atoms with Crippen molar-refractivity contribution in [2.75, 3.05) is 19.8 Å². The maximum absolute atomic E-state index is 12.9. The lowest BCUT2D eigenvalue weighted by molar-refractivity contribution is -0.154. The first-order valence-electron chi connectivity index (χ1n) is 9.94. The first-order valence-corrected chi connectivity index (χ1v) is 9.94. The van der Waals surface area contributed by atoms with Gasteiger partial charge < -0.3 is 14.7 Å². The fraction of sp³-hybridized carbons (Fsp3) is 0.545. The third-order valence-corrected chi connectivity index (χ3v) is 6.26. The minimum Gasteiger partial charge on any atom is -0.394 e. The summed E-state index contributed by atoms with van der Waals surface area (Å²) in [4.78, 5) is 14.5. The molecule has 5 nitrogen and oxygen atoms in total. The normalized spacial score (nSPS) is 28.4. The van der Waals surface area contributed by atoms with E-state index in [0.717, 1.165) is 18.4 Å². The number of aliphatic hydroxyl groups excluding tert-OH is 1. The molecule has 0 unspecified atom stereocenters. The van der Waals surface area contributed by atoms with Crippen LogP contribution in [0.2, 0.25) is 0 Å². The SMILES string of the molecule is N#C[C@H]1[C@H](c2ccc(C3=CCCC3)cc2)[C@@H](CO)N1C(=O)C1CCOCC1. The molecule has 1 aromatic rings. The predicted molar refractivity (Wildman–Crippen MR) is 102 cm³/mol. The van der Waals surface area contributed by atoms with Crippen LogP contribution in [0.25, 0.3) is 5.57 Å². The summed E-state index contributed by atoms with van der Waals surface area (Å²) in [5.41, 5.74) is 3.65. The van der Waals surface area contributed by atoms with Gasteiger partial charge in [0.05, 0.1) is 18.7 Å². The average Bonchev–Trinajstić information content (AvgIpc) is 3.24. The zero-order valence-corrected chi connectivity index (χ0v) is 15.5. The van der Waals surface area contributed by atoms with E-state index in [4.69, 9.17) is 4.74 Å². The van der Waals surface area contributed by atoms with Gasteiger partial charge in [-0.3, -0.25) is 4.79 Å². The van der Waals surface area contributed by atoms with Crippen molar-refractivity contribution in [2.24, 2.45) is 5.92 Å². The Balaban J connectivity index is 1.52. The number of carbonyl (C=O) groups is 1. The topological polar surface area (TPSA) is 73.6 Å². The lowest BCUT2D eigenvalue weighted by Gasteiger charge is -2.52. The molecule has 1 aromatic carbocycles. The third kappa shape index (κ3) is 3.28. The summed E-state index contributed by atoms with van der Waals surface area (Å²) >= 11 is 0. The zero-order valence-electron chi connectivity index (χ0n) is 15.5. The van der Waals surface area contributed by atoms with Crippen LogP contribution in [0, 0.1) is 17.2 Å². The molecule has 1 aliphatic carbocycles. The highest BCUT2D eigenvalue weighted by molar-refractivity contribution is 5.81. The highest BCUT2D eigenvalue weighted by Gasteiger charge is 2.52. The van der Waals surface area contributed by atoms with E-state index in [1.807, 2.05) is 0 Å². The van der Waals surface area contributed by atoms with Gasteiger partial charge in [0.15, 0.2) is 0 Å². The number of aliphatic hydroxyl groups is 1. The maximum atomic E-state index is 12.9. The highest BCUT2D eigenvalue weighted by Crippen LogP contribution is 2.42. The number of hydrogen-bond acceptors (Lipinski definition) is 4. The van der Waals surface area contributed by atoms with E-state index in [1.165, 1.54) is 17.6 Å². The minimum absolute atomic E-state index is 0.00659. The van der Waals surface area contributed by atoms with Crippen molar-refractivity contribution in [3.63, 3.8) is 0 Å². The lowest BCUT2D eigenvalue weighted by atomic mass is 9.74. The van der Waals surface area contributed by atoms with E-state index in [2.05, 4.69) is 36.4 Å². The van der Waals surface area contributed by atoms with Gasteiger partial charge in [-0.05, 0) is 48.8 Å². The van der Waals surface area contributed by atoms with Crippen LogP contribution in [-0.2, 0) is 9.53 Å². The van der Waals surface area contributed by atoms with Crippen molar-refractivity contribution in [2.45, 2.75) is 50.1 Å². The van der Waals surface area contributed by atoms with E-state index in [1.54, 1.807) is 4.90 Å². The molecule has 1 amide bonds. The number of benzene rings is 1. The van der Waals surface area contributed by atoms with Gasteiger partial charge in [0.2, 0.25) is 5.91 Å². The smallest absolute Gasteiger partial charge is 0.227 e. The number of amides is 1. The molecule has 3 aliphatic rings. The molecule has 0 radical (unpaired) electrons. The second kappa shape index (κ2) is 7.84. The third-order valence-electron chi connectivity index (χ3n) is 6.26. The van der Waals surface area contributed by atoms with Crippen molar-refractivity contribution in [1.29, 1.82) is 5.26 Å². The van der Waals surface area contributed by atoms with Crippen LogP contribution in [0.3, 0.4) is 0 Å². The number of ether oxygens (including phenoxy) is 1. The molecule has 27 heavy (non-hydrogen) atoms. The molecule has 2 heterocycles. The van der Waals surface area contributed by atoms with E-state index in [0.29, 0.717) is 26.1 Å². The Morgan fingerprint density at radius 3 is 2.59 bits per heavy atom. The molecule has 5 heteroatoms. The molecule has 2 fully saturated rings. The predicted octanol–water partition coefficient (Wildman–Crippen LogP) is 2.86. The number of carbonyl (C=O) groups excluding carboxylic acids is 1. The number of allylic oxidation sites excluding steroid dienone is 2. The van der Waals surface area contributed by atoms with Gasteiger partial charge in [0.1, 0.15) is 6.04 Å². The van der Waals surface area contributed by atoms with Crippen molar-refractivity contribution < 1.29 is 14.6 Å². The Kier molecular flexibility index (Phi) is 5.29. The molecule has 0 spiro atoms. The van der Waals surface area contributed by atoms with Gasteiger partial charge >= 0.3 is 0 Å². The first-order chi connectivity index (χ1) is 13.2. The Bertz CT molecular complexity index is 759. The summed E-state index contributed by atoms with van der Waals surface area (Å²) in [7, 11) is 0. The Labute approximate surface area is 160 Å². The Morgan fingerprint density at radius 2 is 2.00 bits per heavy atom. The molecule has 1 N–H and O–H groups in total. The summed E-state index contributed by atoms with van der Waals surface area (Å²) < 4.78 is 5.34. The average molecular weight is 366 g/mol. The van der Waals surface area contributed by atoms with Crippen LogP contribution < -0.4 is 0 Å². The Hall–Kier alpha value is -2.16. The molecular formula is C22H26N2O3. The molecule has 2 saturated heterocycles. The number of rotatable bonds is 4. The summed E-state index contributed by atoms with van der Waals surface area (Å²) in [5.74, 6) is -0.232. The van der Waals surface area contributed by atoms with Crippen molar-refractivity contribution in [1.82, 2.24) is 4.90 Å². The molecule has 0 aromatic heterocycles. The molecule has 0 bridgehead atoms. The molecule has 142 valence electrons. The van der Waals surface area contributed by atoms with E-state index in [-0.39, 0.29) is 30.4 Å². The molecular weight excluding hydrogens is 340 g/mol. The Morgan fingerprint density at radius 1 is 1.26 bits per heavy atom. The zero-order chi connectivity index (χ0) is 18.8. The summed E-state index contributed by atoms with van der Waals surface area (Å²) in [5, 5.41) is 19.7. The van der Waals surface area contributed by atoms with Gasteiger partial charge in [-0.25, -0.2) is 0 Å². The van der Waals surface area contributed by atoms with Gasteiger partial charge in [-0.15, -0.1) is 0 Å². The fourth-order valence-electron chi connectivity index (χ4n) is 4.72. The van der Waals surface area contributed by atoms with E-state index >= 15 is 0 Å². The minimum atomic E-state index is -0.506. The largest absolute Gasteiger partial charge is 0.394 e. The quantitative estimate of drug-likeness (QED) is 0.889. The summed E-state index contributed by atoms with van der Waals surface area (Å²) in [6.07, 6.45) is 7.16. The van der Waals surface area contributed by atoms with Gasteiger partial charge in [0, 0.05) is 25.0 Å². The van der Waals surface area contributed by atoms with E-state index in [9.17, 15) is 15.2 Å². The second-order valence-electron chi connectivity index (χ2n) is 7.73. The molecule has 0 saturated carbocycles. The number of likely N-dealkylation sites (tertiary alicyclic amines) is 1.